The summed E-state index contributed by atoms with van der Waals surface area (Å²) in [6, 6.07) is 13.0. The fraction of sp³-hybridized carbons (Fsp3) is 0.176. The molecule has 2 N–H and O–H groups in total. The Kier molecular flexibility index (Phi) is 4.05. The summed E-state index contributed by atoms with van der Waals surface area (Å²) in [6.07, 6.45) is 3.43. The number of amides is 2. The molecule has 3 rings (SSSR count). The van der Waals surface area contributed by atoms with Gasteiger partial charge in [-0.05, 0) is 30.7 Å². The van der Waals surface area contributed by atoms with Gasteiger partial charge in [-0.25, -0.2) is 4.79 Å². The molecular weight excluding hydrogens is 278 g/mol. The van der Waals surface area contributed by atoms with Gasteiger partial charge in [0.05, 0.1) is 6.04 Å². The van der Waals surface area contributed by atoms with Crippen LogP contribution in [-0.2, 0) is 6.54 Å². The number of aromatic nitrogens is 1. The van der Waals surface area contributed by atoms with Crippen molar-refractivity contribution in [2.45, 2.75) is 19.5 Å². The van der Waals surface area contributed by atoms with Crippen molar-refractivity contribution in [1.29, 1.82) is 0 Å². The summed E-state index contributed by atoms with van der Waals surface area (Å²) in [5, 5.41) is 6.69. The second kappa shape index (κ2) is 6.30. The van der Waals surface area contributed by atoms with Crippen LogP contribution < -0.4 is 10.6 Å². The van der Waals surface area contributed by atoms with Crippen LogP contribution in [0.25, 0.3) is 11.0 Å². The molecule has 0 saturated heterocycles. The first-order chi connectivity index (χ1) is 10.7. The standard InChI is InChI=1S/C17H17N3O2/c1-12(16-9-14-6-2-3-7-15(14)22-16)20-17(21)19-11-13-5-4-8-18-10-13/h2-10,12H,11H2,1H3,(H2,19,20,21). The first kappa shape index (κ1) is 14.1. The van der Waals surface area contributed by atoms with E-state index in [1.807, 2.05) is 49.4 Å². The summed E-state index contributed by atoms with van der Waals surface area (Å²) in [5.41, 5.74) is 1.77. The Morgan fingerprint density at radius 2 is 2.14 bits per heavy atom. The Hall–Kier alpha value is -2.82. The number of rotatable bonds is 4. The Morgan fingerprint density at radius 1 is 1.27 bits per heavy atom. The summed E-state index contributed by atoms with van der Waals surface area (Å²) in [7, 11) is 0. The largest absolute Gasteiger partial charge is 0.459 e. The van der Waals surface area contributed by atoms with Crippen molar-refractivity contribution in [3.63, 3.8) is 0 Å². The molecule has 112 valence electrons. The molecule has 0 saturated carbocycles. The predicted molar refractivity (Wildman–Crippen MR) is 84.2 cm³/mol. The molecule has 0 fully saturated rings. The summed E-state index contributed by atoms with van der Waals surface area (Å²) in [4.78, 5) is 15.9. The third-order valence-electron chi connectivity index (χ3n) is 3.39. The van der Waals surface area contributed by atoms with Crippen LogP contribution in [0.5, 0.6) is 0 Å². The lowest BCUT2D eigenvalue weighted by Gasteiger charge is -2.12. The van der Waals surface area contributed by atoms with E-state index in [1.54, 1.807) is 12.4 Å². The summed E-state index contributed by atoms with van der Waals surface area (Å²) in [6.45, 7) is 2.33. The van der Waals surface area contributed by atoms with Crippen LogP contribution >= 0.6 is 0 Å². The van der Waals surface area contributed by atoms with Crippen molar-refractivity contribution in [3.8, 4) is 0 Å². The van der Waals surface area contributed by atoms with Crippen LogP contribution in [0.2, 0.25) is 0 Å². The maximum atomic E-state index is 11.9. The number of carbonyl (C=O) groups excluding carboxylic acids is 1. The monoisotopic (exact) mass is 295 g/mol. The highest BCUT2D eigenvalue weighted by atomic mass is 16.3. The second-order valence-electron chi connectivity index (χ2n) is 5.10. The number of nitrogens with zero attached hydrogens (tertiary/aromatic N) is 1. The summed E-state index contributed by atoms with van der Waals surface area (Å²) in [5.74, 6) is 0.734. The number of carbonyl (C=O) groups is 1. The molecule has 1 aromatic carbocycles. The van der Waals surface area contributed by atoms with E-state index in [-0.39, 0.29) is 12.1 Å². The van der Waals surface area contributed by atoms with E-state index in [2.05, 4.69) is 15.6 Å². The van der Waals surface area contributed by atoms with Gasteiger partial charge in [-0.2, -0.15) is 0 Å². The third kappa shape index (κ3) is 3.25. The van der Waals surface area contributed by atoms with Crippen LogP contribution in [0.4, 0.5) is 4.79 Å². The SMILES string of the molecule is CC(NC(=O)NCc1cccnc1)c1cc2ccccc2o1. The van der Waals surface area contributed by atoms with Crippen LogP contribution in [0, 0.1) is 0 Å². The molecule has 0 bridgehead atoms. The van der Waals surface area contributed by atoms with E-state index >= 15 is 0 Å². The number of fused-ring (bicyclic) bond motifs is 1. The molecule has 3 aromatic rings. The molecule has 0 aliphatic rings. The average molecular weight is 295 g/mol. The quantitative estimate of drug-likeness (QED) is 0.775. The molecule has 22 heavy (non-hydrogen) atoms. The Bertz CT molecular complexity index is 735. The highest BCUT2D eigenvalue weighted by molar-refractivity contribution is 5.78. The van der Waals surface area contributed by atoms with Gasteiger partial charge in [0.1, 0.15) is 11.3 Å². The molecule has 0 radical (unpaired) electrons. The van der Waals surface area contributed by atoms with E-state index in [0.717, 1.165) is 22.3 Å². The lowest BCUT2D eigenvalue weighted by atomic mass is 10.2. The molecule has 0 aliphatic heterocycles. The van der Waals surface area contributed by atoms with Crippen molar-refractivity contribution in [3.05, 3.63) is 66.2 Å². The molecule has 1 unspecified atom stereocenters. The lowest BCUT2D eigenvalue weighted by molar-refractivity contribution is 0.236. The first-order valence-electron chi connectivity index (χ1n) is 7.14. The summed E-state index contributed by atoms with van der Waals surface area (Å²) < 4.78 is 5.74. The summed E-state index contributed by atoms with van der Waals surface area (Å²) >= 11 is 0. The van der Waals surface area contributed by atoms with E-state index in [4.69, 9.17) is 4.42 Å². The number of furan rings is 1. The number of pyridine rings is 1. The third-order valence-corrected chi connectivity index (χ3v) is 3.39. The zero-order valence-electron chi connectivity index (χ0n) is 12.2. The zero-order valence-corrected chi connectivity index (χ0v) is 12.2. The molecule has 2 aromatic heterocycles. The minimum atomic E-state index is -0.239. The molecule has 2 amide bonds. The van der Waals surface area contributed by atoms with Crippen molar-refractivity contribution < 1.29 is 9.21 Å². The van der Waals surface area contributed by atoms with Crippen molar-refractivity contribution in [1.82, 2.24) is 15.6 Å². The van der Waals surface area contributed by atoms with Gasteiger partial charge in [0.2, 0.25) is 0 Å². The van der Waals surface area contributed by atoms with Crippen LogP contribution in [0.3, 0.4) is 0 Å². The van der Waals surface area contributed by atoms with Gasteiger partial charge in [-0.15, -0.1) is 0 Å². The van der Waals surface area contributed by atoms with Crippen molar-refractivity contribution in [2.75, 3.05) is 0 Å². The van der Waals surface area contributed by atoms with Gasteiger partial charge in [0, 0.05) is 24.3 Å². The Labute approximate surface area is 128 Å². The van der Waals surface area contributed by atoms with E-state index < -0.39 is 0 Å². The smallest absolute Gasteiger partial charge is 0.315 e. The molecule has 1 atom stereocenters. The maximum absolute atomic E-state index is 11.9. The Morgan fingerprint density at radius 3 is 2.91 bits per heavy atom. The van der Waals surface area contributed by atoms with Crippen LogP contribution in [-0.4, -0.2) is 11.0 Å². The fourth-order valence-corrected chi connectivity index (χ4v) is 2.22. The van der Waals surface area contributed by atoms with Gasteiger partial charge >= 0.3 is 6.03 Å². The number of urea groups is 1. The molecule has 5 nitrogen and oxygen atoms in total. The highest BCUT2D eigenvalue weighted by Crippen LogP contribution is 2.23. The first-order valence-corrected chi connectivity index (χ1v) is 7.14. The highest BCUT2D eigenvalue weighted by Gasteiger charge is 2.13. The van der Waals surface area contributed by atoms with E-state index in [0.29, 0.717) is 6.54 Å². The number of nitrogens with one attached hydrogen (secondary N) is 2. The number of hydrogen-bond donors (Lipinski definition) is 2. The van der Waals surface area contributed by atoms with Crippen molar-refractivity contribution >= 4 is 17.0 Å². The minimum Gasteiger partial charge on any atom is -0.459 e. The number of hydrogen-bond acceptors (Lipinski definition) is 3. The zero-order chi connectivity index (χ0) is 15.4. The lowest BCUT2D eigenvalue weighted by Crippen LogP contribution is -2.36. The minimum absolute atomic E-state index is 0.207. The molecule has 0 aliphatic carbocycles. The van der Waals surface area contributed by atoms with Gasteiger partial charge in [-0.1, -0.05) is 24.3 Å². The van der Waals surface area contributed by atoms with Gasteiger partial charge in [0.15, 0.2) is 0 Å². The Balaban J connectivity index is 1.58. The van der Waals surface area contributed by atoms with Crippen LogP contribution in [0.15, 0.2) is 59.3 Å². The predicted octanol–water partition coefficient (Wildman–Crippen LogP) is 3.39. The molecule has 5 heteroatoms. The average Bonchev–Trinajstić information content (AvgIpc) is 2.98. The normalized spacial score (nSPS) is 12.0. The molecular formula is C17H17N3O2. The van der Waals surface area contributed by atoms with Gasteiger partial charge in [-0.3, -0.25) is 4.98 Å². The molecule has 0 spiro atoms. The van der Waals surface area contributed by atoms with Gasteiger partial charge < -0.3 is 15.1 Å². The van der Waals surface area contributed by atoms with Gasteiger partial charge in [0.25, 0.3) is 0 Å². The maximum Gasteiger partial charge on any atom is 0.315 e. The number of para-hydroxylation sites is 1. The molecule has 2 heterocycles. The topological polar surface area (TPSA) is 67.2 Å². The fourth-order valence-electron chi connectivity index (χ4n) is 2.22. The van der Waals surface area contributed by atoms with Crippen molar-refractivity contribution in [2.24, 2.45) is 0 Å². The van der Waals surface area contributed by atoms with E-state index in [1.165, 1.54) is 0 Å². The number of benzene rings is 1. The van der Waals surface area contributed by atoms with E-state index in [9.17, 15) is 4.79 Å². The van der Waals surface area contributed by atoms with Crippen LogP contribution in [0.1, 0.15) is 24.3 Å². The second-order valence-corrected chi connectivity index (χ2v) is 5.10.